The number of hydrogen-bond acceptors (Lipinski definition) is 9. The molecule has 1 fully saturated rings. The van der Waals surface area contributed by atoms with Crippen molar-refractivity contribution < 1.29 is 40.0 Å². The van der Waals surface area contributed by atoms with E-state index in [2.05, 4.69) is 15.4 Å². The Morgan fingerprint density at radius 1 is 1.00 bits per heavy atom. The van der Waals surface area contributed by atoms with Crippen molar-refractivity contribution in [1.82, 2.24) is 14.2 Å². The van der Waals surface area contributed by atoms with Gasteiger partial charge in [-0.1, -0.05) is 6.07 Å². The Morgan fingerprint density at radius 2 is 1.67 bits per heavy atom. The van der Waals surface area contributed by atoms with Crippen LogP contribution in [0.15, 0.2) is 57.8 Å². The molecule has 2 atom stereocenters. The number of carbonyl (C=O) groups excluding carboxylic acids is 2. The number of nitrogens with one attached hydrogen (secondary N) is 2. The van der Waals surface area contributed by atoms with Crippen LogP contribution in [0.5, 0.6) is 0 Å². The average molecular weight is 669 g/mol. The number of hydrazone groups is 1. The quantitative estimate of drug-likeness (QED) is 0.384. The first-order valence-electron chi connectivity index (χ1n) is 13.8. The number of nitrogens with two attached hydrogens (primary N) is 1. The molecule has 0 radical (unpaired) electrons. The van der Waals surface area contributed by atoms with Gasteiger partial charge in [0, 0.05) is 44.2 Å². The normalized spacial score (nSPS) is 20.8. The van der Waals surface area contributed by atoms with E-state index < -0.39 is 57.1 Å². The van der Waals surface area contributed by atoms with E-state index >= 15 is 4.39 Å². The maximum Gasteiger partial charge on any atom is 0.416 e. The van der Waals surface area contributed by atoms with Crippen LogP contribution in [-0.4, -0.2) is 91.6 Å². The number of halogens is 5. The zero-order valence-electron chi connectivity index (χ0n) is 24.5. The van der Waals surface area contributed by atoms with Crippen LogP contribution in [0, 0.1) is 11.6 Å². The van der Waals surface area contributed by atoms with Crippen molar-refractivity contribution >= 4 is 45.4 Å². The molecule has 3 aliphatic heterocycles. The summed E-state index contributed by atoms with van der Waals surface area (Å²) in [5.74, 6) is -3.14. The number of aliphatic imine (C=N–C) groups is 1. The zero-order valence-corrected chi connectivity index (χ0v) is 25.3. The van der Waals surface area contributed by atoms with Gasteiger partial charge in [0.1, 0.15) is 29.9 Å². The Kier molecular flexibility index (Phi) is 8.89. The molecule has 0 spiro atoms. The zero-order chi connectivity index (χ0) is 33.6. The molecule has 3 heterocycles. The molecule has 2 amide bonds. The molecule has 2 aromatic rings. The number of hydrogen-bond donors (Lipinski definition) is 3. The molecule has 1 saturated heterocycles. The van der Waals surface area contributed by atoms with E-state index in [4.69, 9.17) is 5.73 Å². The largest absolute Gasteiger partial charge is 0.416 e. The van der Waals surface area contributed by atoms with Gasteiger partial charge in [0.05, 0.1) is 28.9 Å². The number of alkyl halides is 3. The smallest absolute Gasteiger partial charge is 0.385 e. The van der Waals surface area contributed by atoms with Crippen LogP contribution >= 0.6 is 0 Å². The second-order valence-electron chi connectivity index (χ2n) is 10.9. The Bertz CT molecular complexity index is 1770. The number of fused-ring (bicyclic) bond motifs is 1. The maximum absolute atomic E-state index is 15.4. The van der Waals surface area contributed by atoms with E-state index in [1.165, 1.54) is 29.7 Å². The van der Waals surface area contributed by atoms with Crippen molar-refractivity contribution in [3.63, 3.8) is 0 Å². The van der Waals surface area contributed by atoms with Gasteiger partial charge in [-0.3, -0.25) is 14.7 Å². The van der Waals surface area contributed by atoms with Gasteiger partial charge in [-0.25, -0.2) is 27.0 Å². The minimum atomic E-state index is -4.78. The topological polar surface area (TPSA) is 153 Å². The number of rotatable bonds is 7. The Balaban J connectivity index is 1.40. The predicted molar refractivity (Wildman–Crippen MR) is 159 cm³/mol. The van der Waals surface area contributed by atoms with Gasteiger partial charge in [0.2, 0.25) is 10.0 Å². The molecule has 4 N–H and O–H groups in total. The Hall–Kier alpha value is -4.42. The number of Topliss-reactive ketones (excluding diaryl/α,β-unsaturated/α-hetero) is 1. The lowest BCUT2D eigenvalue weighted by molar-refractivity contribution is -0.137. The summed E-state index contributed by atoms with van der Waals surface area (Å²) in [6.45, 7) is 2.87. The van der Waals surface area contributed by atoms with E-state index in [1.807, 2.05) is 10.2 Å². The third-order valence-electron chi connectivity index (χ3n) is 7.86. The number of anilines is 2. The number of sulfonamides is 1. The standard InChI is InChI=1S/C28H29F5N8O4S/c1-15(42)23-22(13-39-7-9-40(10-8-39)46(2,44)45)41-25(26(34)35-14-36-41)24(23)16-3-6-20(19(30)11-16)37-27(43)38-21-12-17(28(31,32)33)4-5-18(21)29/h3-6,11-12,14,24-25H,7-10,13H2,1-2H3,(H2,34,35,36)(H2,37,38,43). The number of ketones is 1. The number of urea groups is 1. The highest BCUT2D eigenvalue weighted by Gasteiger charge is 2.47. The highest BCUT2D eigenvalue weighted by atomic mass is 32.2. The first kappa shape index (κ1) is 33.0. The van der Waals surface area contributed by atoms with Gasteiger partial charge in [-0.2, -0.15) is 22.6 Å². The molecule has 18 heteroatoms. The molecule has 0 saturated carbocycles. The summed E-state index contributed by atoms with van der Waals surface area (Å²) < 4.78 is 93.9. The van der Waals surface area contributed by atoms with E-state index in [0.717, 1.165) is 12.3 Å². The van der Waals surface area contributed by atoms with E-state index in [-0.39, 0.29) is 36.9 Å². The van der Waals surface area contributed by atoms with E-state index in [9.17, 15) is 35.6 Å². The number of nitrogens with zero attached hydrogens (tertiary/aromatic N) is 5. The Labute approximate surface area is 260 Å². The van der Waals surface area contributed by atoms with Gasteiger partial charge in [-0.15, -0.1) is 0 Å². The summed E-state index contributed by atoms with van der Waals surface area (Å²) in [4.78, 5) is 31.7. The summed E-state index contributed by atoms with van der Waals surface area (Å²) in [6, 6.07) is 3.20. The van der Waals surface area contributed by atoms with Crippen LogP contribution < -0.4 is 16.4 Å². The van der Waals surface area contributed by atoms with Crippen LogP contribution in [-0.2, 0) is 21.0 Å². The SMILES string of the molecule is CC(=O)C1=C(CN2CCN(S(C)(=O)=O)CC2)N2N=CN=C(N)C2C1c1ccc(NC(=O)Nc2cc(C(F)(F)F)ccc2F)c(F)c1. The molecule has 12 nitrogen and oxygen atoms in total. The highest BCUT2D eigenvalue weighted by molar-refractivity contribution is 7.88. The number of amides is 2. The van der Waals surface area contributed by atoms with Gasteiger partial charge in [0.15, 0.2) is 5.78 Å². The molecule has 2 aromatic carbocycles. The summed E-state index contributed by atoms with van der Waals surface area (Å²) in [5, 5.41) is 9.99. The number of piperazine rings is 1. The lowest BCUT2D eigenvalue weighted by atomic mass is 9.84. The fraction of sp³-hybridized carbons (Fsp3) is 0.357. The summed E-state index contributed by atoms with van der Waals surface area (Å²) in [6.07, 6.45) is -2.42. The Morgan fingerprint density at radius 3 is 2.28 bits per heavy atom. The first-order chi connectivity index (χ1) is 21.5. The fourth-order valence-corrected chi connectivity index (χ4v) is 6.52. The molecule has 0 aromatic heterocycles. The minimum absolute atomic E-state index is 0.112. The van der Waals surface area contributed by atoms with Crippen LogP contribution in [0.25, 0.3) is 0 Å². The summed E-state index contributed by atoms with van der Waals surface area (Å²) >= 11 is 0. The van der Waals surface area contributed by atoms with Gasteiger partial charge < -0.3 is 16.4 Å². The van der Waals surface area contributed by atoms with Crippen LogP contribution in [0.1, 0.15) is 24.0 Å². The first-order valence-corrected chi connectivity index (χ1v) is 15.7. The van der Waals surface area contributed by atoms with Crippen LogP contribution in [0.2, 0.25) is 0 Å². The molecular weight excluding hydrogens is 639 g/mol. The van der Waals surface area contributed by atoms with Crippen LogP contribution in [0.3, 0.4) is 0 Å². The molecule has 46 heavy (non-hydrogen) atoms. The van der Waals surface area contributed by atoms with Gasteiger partial charge in [-0.05, 0) is 42.8 Å². The van der Waals surface area contributed by atoms with Gasteiger partial charge in [0.25, 0.3) is 0 Å². The number of carbonyl (C=O) groups is 2. The summed E-state index contributed by atoms with van der Waals surface area (Å²) in [7, 11) is -3.36. The maximum atomic E-state index is 15.4. The number of amidine groups is 1. The minimum Gasteiger partial charge on any atom is -0.385 e. The molecule has 2 unspecified atom stereocenters. The lowest BCUT2D eigenvalue weighted by Gasteiger charge is -2.35. The fourth-order valence-electron chi connectivity index (χ4n) is 5.69. The van der Waals surface area contributed by atoms with Crippen molar-refractivity contribution in [3.05, 3.63) is 70.4 Å². The third kappa shape index (κ3) is 6.73. The van der Waals surface area contributed by atoms with E-state index in [1.54, 1.807) is 5.01 Å². The van der Waals surface area contributed by atoms with Gasteiger partial charge >= 0.3 is 12.2 Å². The third-order valence-corrected chi connectivity index (χ3v) is 9.16. The number of benzene rings is 2. The van der Waals surface area contributed by atoms with Crippen molar-refractivity contribution in [2.75, 3.05) is 49.6 Å². The average Bonchev–Trinajstić information content (AvgIpc) is 3.30. The van der Waals surface area contributed by atoms with Crippen LogP contribution in [0.4, 0.5) is 38.1 Å². The monoisotopic (exact) mass is 668 g/mol. The molecule has 5 rings (SSSR count). The highest BCUT2D eigenvalue weighted by Crippen LogP contribution is 2.44. The second kappa shape index (κ2) is 12.4. The van der Waals surface area contributed by atoms with Crippen molar-refractivity contribution in [2.45, 2.75) is 25.1 Å². The molecule has 246 valence electrons. The second-order valence-corrected chi connectivity index (χ2v) is 12.9. The van der Waals surface area contributed by atoms with Crippen molar-refractivity contribution in [2.24, 2.45) is 15.8 Å². The van der Waals surface area contributed by atoms with E-state index in [0.29, 0.717) is 48.1 Å². The molecule has 0 bridgehead atoms. The molecular formula is C28H29F5N8O4S. The summed E-state index contributed by atoms with van der Waals surface area (Å²) in [5.41, 5.74) is 5.02. The predicted octanol–water partition coefficient (Wildman–Crippen LogP) is 3.13. The van der Waals surface area contributed by atoms with Crippen molar-refractivity contribution in [1.29, 1.82) is 0 Å². The molecule has 0 aliphatic carbocycles. The lowest BCUT2D eigenvalue weighted by Crippen LogP contribution is -2.50. The van der Waals surface area contributed by atoms with Crippen molar-refractivity contribution in [3.8, 4) is 0 Å². The molecule has 3 aliphatic rings.